The van der Waals surface area contributed by atoms with E-state index in [4.69, 9.17) is 0 Å². The van der Waals surface area contributed by atoms with Crippen molar-refractivity contribution < 1.29 is 0 Å². The fourth-order valence-corrected chi connectivity index (χ4v) is 2.09. The Morgan fingerprint density at radius 2 is 2.07 bits per heavy atom. The highest BCUT2D eigenvalue weighted by Crippen LogP contribution is 2.21. The monoisotopic (exact) mass is 204 g/mol. The molecule has 2 nitrogen and oxygen atoms in total. The average Bonchev–Trinajstić information content (AvgIpc) is 2.15. The van der Waals surface area contributed by atoms with Crippen molar-refractivity contribution in [3.05, 3.63) is 29.3 Å². The molecule has 0 spiro atoms. The number of aryl methyl sites for hydroxylation is 2. The molecule has 0 aromatic heterocycles. The van der Waals surface area contributed by atoms with E-state index in [1.165, 1.54) is 29.9 Å². The molecule has 0 saturated carbocycles. The molecule has 0 amide bonds. The summed E-state index contributed by atoms with van der Waals surface area (Å²) in [7, 11) is 2.19. The Bertz CT molecular complexity index is 342. The van der Waals surface area contributed by atoms with E-state index in [1.807, 2.05) is 0 Å². The molecule has 0 radical (unpaired) electrons. The fraction of sp³-hybridized carbons (Fsp3) is 0.538. The summed E-state index contributed by atoms with van der Waals surface area (Å²) in [6.07, 6.45) is 0. The molecule has 1 N–H and O–H groups in total. The Kier molecular flexibility index (Phi) is 2.96. The summed E-state index contributed by atoms with van der Waals surface area (Å²) in [6, 6.07) is 6.67. The van der Waals surface area contributed by atoms with Gasteiger partial charge in [0, 0.05) is 38.3 Å². The molecule has 15 heavy (non-hydrogen) atoms. The van der Waals surface area contributed by atoms with Crippen LogP contribution in [-0.2, 0) is 0 Å². The first-order chi connectivity index (χ1) is 7.16. The molecule has 0 bridgehead atoms. The molecular formula is C13H20N2. The third-order valence-corrected chi connectivity index (χ3v) is 3.17. The molecule has 0 unspecified atom stereocenters. The van der Waals surface area contributed by atoms with Crippen LogP contribution in [0.25, 0.3) is 0 Å². The van der Waals surface area contributed by atoms with Crippen LogP contribution in [0.2, 0.25) is 0 Å². The lowest BCUT2D eigenvalue weighted by Gasteiger charge is -2.33. The largest absolute Gasteiger partial charge is 0.374 e. The van der Waals surface area contributed by atoms with Crippen LogP contribution >= 0.6 is 0 Å². The average molecular weight is 204 g/mol. The van der Waals surface area contributed by atoms with E-state index in [0.29, 0.717) is 0 Å². The van der Waals surface area contributed by atoms with Gasteiger partial charge in [0.1, 0.15) is 0 Å². The van der Waals surface area contributed by atoms with E-state index in [9.17, 15) is 0 Å². The van der Waals surface area contributed by atoms with Crippen LogP contribution in [0, 0.1) is 19.8 Å². The highest BCUT2D eigenvalue weighted by Gasteiger charge is 2.19. The number of hydrogen-bond donors (Lipinski definition) is 1. The van der Waals surface area contributed by atoms with E-state index in [0.717, 1.165) is 12.5 Å². The van der Waals surface area contributed by atoms with Gasteiger partial charge >= 0.3 is 0 Å². The topological polar surface area (TPSA) is 15.3 Å². The number of anilines is 1. The van der Waals surface area contributed by atoms with Crippen LogP contribution in [0.5, 0.6) is 0 Å². The molecule has 2 heteroatoms. The first kappa shape index (κ1) is 10.5. The lowest BCUT2D eigenvalue weighted by atomic mass is 10.0. The predicted octanol–water partition coefficient (Wildman–Crippen LogP) is 1.96. The number of nitrogens with one attached hydrogen (secondary N) is 1. The number of nitrogens with zero attached hydrogens (tertiary/aromatic N) is 1. The Labute approximate surface area is 92.3 Å². The van der Waals surface area contributed by atoms with Crippen LogP contribution in [0.3, 0.4) is 0 Å². The van der Waals surface area contributed by atoms with Gasteiger partial charge in [0.05, 0.1) is 0 Å². The molecule has 1 aliphatic heterocycles. The standard InChI is InChI=1S/C13H20N2/c1-10-4-5-11(2)13(6-10)15(3)9-12-7-14-8-12/h4-6,12,14H,7-9H2,1-3H3. The molecule has 1 aliphatic rings. The van der Waals surface area contributed by atoms with E-state index in [-0.39, 0.29) is 0 Å². The van der Waals surface area contributed by atoms with Crippen LogP contribution < -0.4 is 10.2 Å². The van der Waals surface area contributed by atoms with Crippen molar-refractivity contribution in [3.8, 4) is 0 Å². The van der Waals surface area contributed by atoms with Crippen molar-refractivity contribution >= 4 is 5.69 Å². The zero-order chi connectivity index (χ0) is 10.8. The molecule has 1 fully saturated rings. The van der Waals surface area contributed by atoms with Crippen molar-refractivity contribution in [3.63, 3.8) is 0 Å². The number of rotatable bonds is 3. The smallest absolute Gasteiger partial charge is 0.0396 e. The Hall–Kier alpha value is -1.02. The maximum Gasteiger partial charge on any atom is 0.0396 e. The van der Waals surface area contributed by atoms with E-state index >= 15 is 0 Å². The molecule has 1 aromatic carbocycles. The quantitative estimate of drug-likeness (QED) is 0.809. The SMILES string of the molecule is Cc1ccc(C)c(N(C)CC2CNC2)c1. The Morgan fingerprint density at radius 1 is 1.33 bits per heavy atom. The third kappa shape index (κ3) is 2.32. The molecule has 2 rings (SSSR count). The normalized spacial score (nSPS) is 16.2. The zero-order valence-electron chi connectivity index (χ0n) is 9.88. The molecule has 1 saturated heterocycles. The van der Waals surface area contributed by atoms with Crippen LogP contribution in [0.1, 0.15) is 11.1 Å². The van der Waals surface area contributed by atoms with Crippen LogP contribution in [0.4, 0.5) is 5.69 Å². The minimum Gasteiger partial charge on any atom is -0.374 e. The summed E-state index contributed by atoms with van der Waals surface area (Å²) < 4.78 is 0. The van der Waals surface area contributed by atoms with E-state index in [1.54, 1.807) is 0 Å². The lowest BCUT2D eigenvalue weighted by molar-refractivity contribution is 0.353. The zero-order valence-corrected chi connectivity index (χ0v) is 9.88. The molecule has 1 heterocycles. The number of benzene rings is 1. The summed E-state index contributed by atoms with van der Waals surface area (Å²) >= 11 is 0. The van der Waals surface area contributed by atoms with Gasteiger partial charge in [-0.2, -0.15) is 0 Å². The molecule has 1 aromatic rings. The molecule has 0 atom stereocenters. The van der Waals surface area contributed by atoms with Crippen molar-refractivity contribution in [2.75, 3.05) is 31.6 Å². The minimum absolute atomic E-state index is 0.829. The summed E-state index contributed by atoms with van der Waals surface area (Å²) in [6.45, 7) is 7.85. The Balaban J connectivity index is 2.09. The molecule has 0 aliphatic carbocycles. The van der Waals surface area contributed by atoms with E-state index < -0.39 is 0 Å². The highest BCUT2D eigenvalue weighted by atomic mass is 15.1. The van der Waals surface area contributed by atoms with Gasteiger partial charge < -0.3 is 10.2 Å². The Morgan fingerprint density at radius 3 is 2.67 bits per heavy atom. The second-order valence-corrected chi connectivity index (χ2v) is 4.69. The molecular weight excluding hydrogens is 184 g/mol. The summed E-state index contributed by atoms with van der Waals surface area (Å²) in [4.78, 5) is 2.38. The van der Waals surface area contributed by atoms with Gasteiger partial charge in [0.15, 0.2) is 0 Å². The summed E-state index contributed by atoms with van der Waals surface area (Å²) in [5.41, 5.74) is 4.09. The van der Waals surface area contributed by atoms with Crippen molar-refractivity contribution in [2.45, 2.75) is 13.8 Å². The fourth-order valence-electron chi connectivity index (χ4n) is 2.09. The minimum atomic E-state index is 0.829. The maximum atomic E-state index is 3.32. The first-order valence-electron chi connectivity index (χ1n) is 5.66. The predicted molar refractivity (Wildman–Crippen MR) is 65.5 cm³/mol. The second-order valence-electron chi connectivity index (χ2n) is 4.69. The van der Waals surface area contributed by atoms with Gasteiger partial charge in [-0.25, -0.2) is 0 Å². The maximum absolute atomic E-state index is 3.32. The highest BCUT2D eigenvalue weighted by molar-refractivity contribution is 5.54. The second kappa shape index (κ2) is 4.23. The van der Waals surface area contributed by atoms with Gasteiger partial charge in [-0.05, 0) is 31.0 Å². The van der Waals surface area contributed by atoms with Gasteiger partial charge in [0.2, 0.25) is 0 Å². The summed E-state index contributed by atoms with van der Waals surface area (Å²) in [5, 5.41) is 3.32. The first-order valence-corrected chi connectivity index (χ1v) is 5.66. The van der Waals surface area contributed by atoms with Crippen LogP contribution in [0.15, 0.2) is 18.2 Å². The van der Waals surface area contributed by atoms with Gasteiger partial charge in [-0.1, -0.05) is 12.1 Å². The lowest BCUT2D eigenvalue weighted by Crippen LogP contribution is -2.47. The van der Waals surface area contributed by atoms with Crippen molar-refractivity contribution in [1.82, 2.24) is 5.32 Å². The van der Waals surface area contributed by atoms with Gasteiger partial charge in [-0.3, -0.25) is 0 Å². The molecule has 82 valence electrons. The summed E-state index contributed by atoms with van der Waals surface area (Å²) in [5.74, 6) is 0.829. The van der Waals surface area contributed by atoms with Crippen molar-refractivity contribution in [2.24, 2.45) is 5.92 Å². The number of hydrogen-bond acceptors (Lipinski definition) is 2. The van der Waals surface area contributed by atoms with Gasteiger partial charge in [0.25, 0.3) is 0 Å². The third-order valence-electron chi connectivity index (χ3n) is 3.17. The van der Waals surface area contributed by atoms with Gasteiger partial charge in [-0.15, -0.1) is 0 Å². The van der Waals surface area contributed by atoms with Crippen LogP contribution in [-0.4, -0.2) is 26.7 Å². The van der Waals surface area contributed by atoms with E-state index in [2.05, 4.69) is 49.3 Å². The van der Waals surface area contributed by atoms with Crippen molar-refractivity contribution in [1.29, 1.82) is 0 Å².